The summed E-state index contributed by atoms with van der Waals surface area (Å²) >= 11 is 0. The zero-order valence-corrected chi connectivity index (χ0v) is 21.4. The predicted octanol–water partition coefficient (Wildman–Crippen LogP) is 6.67. The van der Waals surface area contributed by atoms with Crippen molar-refractivity contribution in [3.63, 3.8) is 0 Å². The molecule has 6 nitrogen and oxygen atoms in total. The zero-order valence-electron chi connectivity index (χ0n) is 21.4. The van der Waals surface area contributed by atoms with Gasteiger partial charge >= 0.3 is 11.9 Å². The first kappa shape index (κ1) is 28.8. The van der Waals surface area contributed by atoms with Gasteiger partial charge in [0.05, 0.1) is 27.4 Å². The van der Waals surface area contributed by atoms with Gasteiger partial charge in [-0.2, -0.15) is 0 Å². The molecule has 0 fully saturated rings. The number of ether oxygens (including phenoxy) is 4. The van der Waals surface area contributed by atoms with Crippen LogP contribution < -0.4 is 9.47 Å². The van der Waals surface area contributed by atoms with Crippen LogP contribution >= 0.6 is 0 Å². The number of unbranched alkanes of at least 4 members (excludes halogenated alkanes) is 10. The van der Waals surface area contributed by atoms with Gasteiger partial charge in [0.1, 0.15) is 17.1 Å². The van der Waals surface area contributed by atoms with Crippen LogP contribution in [0.4, 0.5) is 0 Å². The van der Waals surface area contributed by atoms with Gasteiger partial charge in [0.25, 0.3) is 0 Å². The molecule has 1 atom stereocenters. The summed E-state index contributed by atoms with van der Waals surface area (Å²) in [5.41, 5.74) is 1.42. The summed E-state index contributed by atoms with van der Waals surface area (Å²) in [7, 11) is 4.56. The Balaban J connectivity index is 2.16. The smallest absolute Gasteiger partial charge is 0.341 e. The van der Waals surface area contributed by atoms with Crippen LogP contribution in [-0.2, 0) is 20.7 Å². The lowest BCUT2D eigenvalue weighted by atomic mass is 9.98. The monoisotopic (exact) mass is 464 g/mol. The molecule has 0 aliphatic carbocycles. The maximum absolute atomic E-state index is 12.2. The third kappa shape index (κ3) is 12.0. The number of esters is 2. The average Bonchev–Trinajstić information content (AvgIpc) is 2.80. The molecule has 188 valence electrons. The Hall–Kier alpha value is -2.24. The number of carbonyl (C=O) groups is 2. The van der Waals surface area contributed by atoms with Gasteiger partial charge in [-0.1, -0.05) is 57.8 Å². The maximum atomic E-state index is 12.2. The molecule has 0 heterocycles. The maximum Gasteiger partial charge on any atom is 0.341 e. The first-order valence-corrected chi connectivity index (χ1v) is 12.4. The van der Waals surface area contributed by atoms with Crippen LogP contribution in [0.1, 0.15) is 107 Å². The molecule has 1 rings (SSSR count). The second-order valence-electron chi connectivity index (χ2n) is 8.70. The van der Waals surface area contributed by atoms with E-state index in [0.717, 1.165) is 37.7 Å². The fourth-order valence-electron chi connectivity index (χ4n) is 4.14. The van der Waals surface area contributed by atoms with Crippen LogP contribution in [-0.4, -0.2) is 39.4 Å². The van der Waals surface area contributed by atoms with Crippen LogP contribution in [0.3, 0.4) is 0 Å². The molecule has 0 amide bonds. The number of carbonyl (C=O) groups excluding carboxylic acids is 2. The summed E-state index contributed by atoms with van der Waals surface area (Å²) in [6, 6.07) is 3.63. The van der Waals surface area contributed by atoms with E-state index in [1.807, 2.05) is 13.0 Å². The molecule has 0 spiro atoms. The number of aryl methyl sites for hydroxylation is 1. The predicted molar refractivity (Wildman–Crippen MR) is 131 cm³/mol. The molecule has 0 radical (unpaired) electrons. The molecule has 0 bridgehead atoms. The fourth-order valence-corrected chi connectivity index (χ4v) is 4.14. The van der Waals surface area contributed by atoms with Crippen molar-refractivity contribution < 1.29 is 28.5 Å². The molecule has 1 aromatic carbocycles. The zero-order chi connectivity index (χ0) is 24.5. The number of methoxy groups -OCH3 is 3. The molecule has 0 saturated carbocycles. The van der Waals surface area contributed by atoms with Gasteiger partial charge in [0.15, 0.2) is 0 Å². The number of hydrogen-bond donors (Lipinski definition) is 0. The molecule has 0 aliphatic rings. The molecular formula is C27H44O6. The third-order valence-electron chi connectivity index (χ3n) is 5.93. The summed E-state index contributed by atoms with van der Waals surface area (Å²) in [5, 5.41) is 0. The number of rotatable bonds is 18. The Morgan fingerprint density at radius 3 is 1.82 bits per heavy atom. The van der Waals surface area contributed by atoms with Gasteiger partial charge in [-0.05, 0) is 44.2 Å². The summed E-state index contributed by atoms with van der Waals surface area (Å²) < 4.78 is 20.8. The van der Waals surface area contributed by atoms with E-state index in [2.05, 4.69) is 0 Å². The summed E-state index contributed by atoms with van der Waals surface area (Å²) in [6.07, 6.45) is 15.2. The second-order valence-corrected chi connectivity index (χ2v) is 8.70. The highest BCUT2D eigenvalue weighted by Gasteiger charge is 2.19. The highest BCUT2D eigenvalue weighted by Crippen LogP contribution is 2.30. The van der Waals surface area contributed by atoms with Crippen molar-refractivity contribution in [2.24, 2.45) is 0 Å². The summed E-state index contributed by atoms with van der Waals surface area (Å²) in [4.78, 5) is 23.1. The van der Waals surface area contributed by atoms with E-state index < -0.39 is 0 Å². The van der Waals surface area contributed by atoms with Crippen LogP contribution in [0.15, 0.2) is 12.1 Å². The number of benzene rings is 1. The van der Waals surface area contributed by atoms with Gasteiger partial charge in [-0.25, -0.2) is 4.79 Å². The molecule has 0 saturated heterocycles. The van der Waals surface area contributed by atoms with Crippen LogP contribution in [0.5, 0.6) is 11.5 Å². The molecule has 33 heavy (non-hydrogen) atoms. The first-order chi connectivity index (χ1) is 15.9. The summed E-state index contributed by atoms with van der Waals surface area (Å²) in [5.74, 6) is 0.626. The fraction of sp³-hybridized carbons (Fsp3) is 0.704. The molecular weight excluding hydrogens is 420 g/mol. The topological polar surface area (TPSA) is 71.1 Å². The minimum Gasteiger partial charge on any atom is -0.497 e. The van der Waals surface area contributed by atoms with E-state index in [0.29, 0.717) is 17.1 Å². The van der Waals surface area contributed by atoms with Crippen molar-refractivity contribution in [3.8, 4) is 11.5 Å². The molecule has 0 aliphatic heterocycles. The quantitative estimate of drug-likeness (QED) is 0.179. The Bertz CT molecular complexity index is 700. The van der Waals surface area contributed by atoms with E-state index >= 15 is 0 Å². The van der Waals surface area contributed by atoms with E-state index in [1.54, 1.807) is 20.3 Å². The second kappa shape index (κ2) is 17.3. The molecule has 1 unspecified atom stereocenters. The highest BCUT2D eigenvalue weighted by molar-refractivity contribution is 5.94. The van der Waals surface area contributed by atoms with Gasteiger partial charge < -0.3 is 18.9 Å². The SMILES string of the molecule is COC(=O)c1c(CCCCCCCCCCCCCC(C)OC(C)=O)cc(OC)cc1OC. The van der Waals surface area contributed by atoms with E-state index in [4.69, 9.17) is 18.9 Å². The van der Waals surface area contributed by atoms with Crippen LogP contribution in [0.25, 0.3) is 0 Å². The van der Waals surface area contributed by atoms with Crippen molar-refractivity contribution in [1.29, 1.82) is 0 Å². The minimum atomic E-state index is -0.372. The standard InChI is InChI=1S/C27H44O6/c1-21(33-22(2)28)17-15-13-11-9-7-6-8-10-12-14-16-18-23-19-24(30-3)20-25(31-4)26(23)27(29)32-5/h19-21H,6-18H2,1-5H3. The van der Waals surface area contributed by atoms with Crippen molar-refractivity contribution in [1.82, 2.24) is 0 Å². The molecule has 6 heteroatoms. The Morgan fingerprint density at radius 2 is 1.33 bits per heavy atom. The lowest BCUT2D eigenvalue weighted by Gasteiger charge is -2.14. The lowest BCUT2D eigenvalue weighted by molar-refractivity contribution is -0.145. The van der Waals surface area contributed by atoms with Gasteiger partial charge in [-0.15, -0.1) is 0 Å². The van der Waals surface area contributed by atoms with Gasteiger partial charge in [0, 0.05) is 13.0 Å². The van der Waals surface area contributed by atoms with Gasteiger partial charge in [-0.3, -0.25) is 4.79 Å². The Kier molecular flexibility index (Phi) is 15.1. The van der Waals surface area contributed by atoms with Crippen molar-refractivity contribution in [3.05, 3.63) is 23.3 Å². The first-order valence-electron chi connectivity index (χ1n) is 12.4. The number of hydrogen-bond acceptors (Lipinski definition) is 6. The average molecular weight is 465 g/mol. The van der Waals surface area contributed by atoms with Crippen molar-refractivity contribution in [2.75, 3.05) is 21.3 Å². The highest BCUT2D eigenvalue weighted by atomic mass is 16.5. The largest absolute Gasteiger partial charge is 0.497 e. The third-order valence-corrected chi connectivity index (χ3v) is 5.93. The summed E-state index contributed by atoms with van der Waals surface area (Å²) in [6.45, 7) is 3.43. The minimum absolute atomic E-state index is 0.0421. The van der Waals surface area contributed by atoms with E-state index in [-0.39, 0.29) is 18.0 Å². The van der Waals surface area contributed by atoms with Gasteiger partial charge in [0.2, 0.25) is 0 Å². The van der Waals surface area contributed by atoms with Crippen LogP contribution in [0.2, 0.25) is 0 Å². The van der Waals surface area contributed by atoms with Crippen molar-refractivity contribution in [2.45, 2.75) is 103 Å². The Morgan fingerprint density at radius 1 is 0.788 bits per heavy atom. The van der Waals surface area contributed by atoms with E-state index in [9.17, 15) is 9.59 Å². The van der Waals surface area contributed by atoms with Crippen molar-refractivity contribution >= 4 is 11.9 Å². The lowest BCUT2D eigenvalue weighted by Crippen LogP contribution is -2.11. The molecule has 1 aromatic rings. The Labute approximate surface area is 200 Å². The van der Waals surface area contributed by atoms with Crippen LogP contribution in [0, 0.1) is 0 Å². The normalized spacial score (nSPS) is 11.7. The van der Waals surface area contributed by atoms with E-state index in [1.165, 1.54) is 65.4 Å². The molecule has 0 N–H and O–H groups in total. The molecule has 0 aromatic heterocycles.